The highest BCUT2D eigenvalue weighted by Gasteiger charge is 2.28. The number of carbonyl (C=O) groups excluding carboxylic acids is 1. The van der Waals surface area contributed by atoms with Gasteiger partial charge in [-0.2, -0.15) is 0 Å². The molecule has 1 aliphatic carbocycles. The number of aryl methyl sites for hydroxylation is 2. The van der Waals surface area contributed by atoms with Gasteiger partial charge < -0.3 is 30.5 Å². The van der Waals surface area contributed by atoms with E-state index < -0.39 is 6.09 Å². The quantitative estimate of drug-likeness (QED) is 0.349. The Balaban J connectivity index is 1.60. The van der Waals surface area contributed by atoms with Gasteiger partial charge in [0.25, 0.3) is 11.5 Å². The van der Waals surface area contributed by atoms with Crippen molar-refractivity contribution in [3.05, 3.63) is 62.1 Å². The summed E-state index contributed by atoms with van der Waals surface area (Å²) in [5.74, 6) is 6.42. The Kier molecular flexibility index (Phi) is 10.9. The second-order valence-electron chi connectivity index (χ2n) is 11.9. The molecule has 0 radical (unpaired) electrons. The van der Waals surface area contributed by atoms with E-state index >= 15 is 0 Å². The van der Waals surface area contributed by atoms with Gasteiger partial charge in [-0.05, 0) is 89.8 Å². The van der Waals surface area contributed by atoms with Crippen LogP contribution in [-0.4, -0.2) is 90.3 Å². The summed E-state index contributed by atoms with van der Waals surface area (Å²) in [6.45, 7) is 13.4. The molecule has 4 rings (SSSR count). The highest BCUT2D eigenvalue weighted by molar-refractivity contribution is 5.97. The number of pyridine rings is 1. The van der Waals surface area contributed by atoms with E-state index in [-0.39, 0.29) is 30.1 Å². The Bertz CT molecular complexity index is 1430. The van der Waals surface area contributed by atoms with Crippen LogP contribution in [0.25, 0.3) is 0 Å². The standard InChI is InChI=1S/C33H46N6O4/c1-6-39(27-11-9-26(10-12-27)36-33(42)43)30-20-25(8-7-13-38-16-14-37(5)15-17-38)19-28(24(30)4)31(40)34-21-29-22(2)18-23(3)35-32(29)41/h18-20,26-27,36H,6,9-17,21H2,1-5H3,(H,34,40)(H,35,41)(H,42,43). The number of carboxylic acid groups (broad SMARTS) is 1. The summed E-state index contributed by atoms with van der Waals surface area (Å²) in [7, 11) is 2.13. The van der Waals surface area contributed by atoms with Crippen LogP contribution >= 0.6 is 0 Å². The molecule has 0 spiro atoms. The lowest BCUT2D eigenvalue weighted by atomic mass is 9.89. The maximum absolute atomic E-state index is 13.7. The van der Waals surface area contributed by atoms with Crippen molar-refractivity contribution in [1.29, 1.82) is 0 Å². The fourth-order valence-corrected chi connectivity index (χ4v) is 6.26. The minimum atomic E-state index is -0.979. The van der Waals surface area contributed by atoms with E-state index in [4.69, 9.17) is 5.11 Å². The topological polar surface area (TPSA) is 121 Å². The van der Waals surface area contributed by atoms with Crippen molar-refractivity contribution >= 4 is 17.7 Å². The molecule has 10 nitrogen and oxygen atoms in total. The predicted molar refractivity (Wildman–Crippen MR) is 170 cm³/mol. The molecule has 10 heteroatoms. The maximum atomic E-state index is 13.7. The van der Waals surface area contributed by atoms with Crippen LogP contribution in [0.4, 0.5) is 10.5 Å². The molecule has 2 amide bonds. The van der Waals surface area contributed by atoms with Crippen molar-refractivity contribution in [1.82, 2.24) is 25.4 Å². The third kappa shape index (κ3) is 8.39. The lowest BCUT2D eigenvalue weighted by Gasteiger charge is -2.39. The smallest absolute Gasteiger partial charge is 0.404 e. The lowest BCUT2D eigenvalue weighted by Crippen LogP contribution is -2.44. The summed E-state index contributed by atoms with van der Waals surface area (Å²) in [5.41, 5.74) is 5.14. The second-order valence-corrected chi connectivity index (χ2v) is 11.9. The van der Waals surface area contributed by atoms with Crippen molar-refractivity contribution < 1.29 is 14.7 Å². The maximum Gasteiger partial charge on any atom is 0.404 e. The van der Waals surface area contributed by atoms with E-state index in [9.17, 15) is 14.4 Å². The Morgan fingerprint density at radius 2 is 1.77 bits per heavy atom. The summed E-state index contributed by atoms with van der Waals surface area (Å²) < 4.78 is 0. The molecular weight excluding hydrogens is 544 g/mol. The number of likely N-dealkylation sites (N-methyl/N-ethyl adjacent to an activating group) is 1. The van der Waals surface area contributed by atoms with Gasteiger partial charge in [-0.15, -0.1) is 0 Å². The number of amides is 2. The van der Waals surface area contributed by atoms with Crippen LogP contribution in [0.3, 0.4) is 0 Å². The Labute approximate surface area is 254 Å². The van der Waals surface area contributed by atoms with Gasteiger partial charge in [0, 0.05) is 79.4 Å². The zero-order valence-electron chi connectivity index (χ0n) is 26.2. The van der Waals surface area contributed by atoms with E-state index in [1.54, 1.807) is 0 Å². The van der Waals surface area contributed by atoms with Crippen LogP contribution < -0.4 is 21.1 Å². The number of rotatable bonds is 8. The van der Waals surface area contributed by atoms with Crippen LogP contribution in [0, 0.1) is 32.6 Å². The molecule has 43 heavy (non-hydrogen) atoms. The van der Waals surface area contributed by atoms with Crippen molar-refractivity contribution in [3.8, 4) is 11.8 Å². The first-order chi connectivity index (χ1) is 20.5. The molecule has 2 fully saturated rings. The van der Waals surface area contributed by atoms with E-state index in [2.05, 4.69) is 62.2 Å². The molecule has 1 saturated carbocycles. The Hall–Kier alpha value is -3.81. The third-order valence-electron chi connectivity index (χ3n) is 8.79. The van der Waals surface area contributed by atoms with Crippen molar-refractivity contribution in [2.75, 3.05) is 51.2 Å². The predicted octanol–water partition coefficient (Wildman–Crippen LogP) is 3.23. The number of anilines is 1. The average Bonchev–Trinajstić information content (AvgIpc) is 2.95. The highest BCUT2D eigenvalue weighted by atomic mass is 16.4. The van der Waals surface area contributed by atoms with E-state index in [1.807, 2.05) is 32.9 Å². The van der Waals surface area contributed by atoms with Crippen LogP contribution in [-0.2, 0) is 6.54 Å². The normalized spacial score (nSPS) is 19.3. The first-order valence-corrected chi connectivity index (χ1v) is 15.3. The first-order valence-electron chi connectivity index (χ1n) is 15.3. The summed E-state index contributed by atoms with van der Waals surface area (Å²) in [6, 6.07) is 6.05. The molecule has 2 heterocycles. The SMILES string of the molecule is CCN(c1cc(C#CCN2CCN(C)CC2)cc(C(=O)NCc2c(C)cc(C)[nH]c2=O)c1C)C1CCC(NC(=O)O)CC1. The van der Waals surface area contributed by atoms with Gasteiger partial charge in [0.2, 0.25) is 0 Å². The van der Waals surface area contributed by atoms with Gasteiger partial charge in [-0.25, -0.2) is 4.79 Å². The molecular formula is C33H46N6O4. The van der Waals surface area contributed by atoms with Crippen molar-refractivity contribution in [3.63, 3.8) is 0 Å². The summed E-state index contributed by atoms with van der Waals surface area (Å²) >= 11 is 0. The fraction of sp³-hybridized carbons (Fsp3) is 0.545. The van der Waals surface area contributed by atoms with Gasteiger partial charge in [0.05, 0.1) is 6.54 Å². The second kappa shape index (κ2) is 14.6. The molecule has 1 aromatic heterocycles. The van der Waals surface area contributed by atoms with E-state index in [0.717, 1.165) is 86.5 Å². The number of benzene rings is 1. The minimum absolute atomic E-state index is 0.0324. The van der Waals surface area contributed by atoms with E-state index in [1.165, 1.54) is 0 Å². The van der Waals surface area contributed by atoms with Gasteiger partial charge in [0.15, 0.2) is 0 Å². The zero-order chi connectivity index (χ0) is 31.1. The molecule has 2 aliphatic rings. The van der Waals surface area contributed by atoms with Crippen LogP contribution in [0.15, 0.2) is 23.0 Å². The number of nitrogens with zero attached hydrogens (tertiary/aromatic N) is 3. The van der Waals surface area contributed by atoms with Gasteiger partial charge in [-0.3, -0.25) is 14.5 Å². The third-order valence-corrected chi connectivity index (χ3v) is 8.79. The molecule has 1 aromatic carbocycles. The van der Waals surface area contributed by atoms with Crippen LogP contribution in [0.2, 0.25) is 0 Å². The lowest BCUT2D eigenvalue weighted by molar-refractivity contribution is 0.0950. The van der Waals surface area contributed by atoms with E-state index in [0.29, 0.717) is 17.7 Å². The summed E-state index contributed by atoms with van der Waals surface area (Å²) in [4.78, 5) is 47.2. The molecule has 0 bridgehead atoms. The number of hydrogen-bond acceptors (Lipinski definition) is 6. The number of carbonyl (C=O) groups is 2. The Morgan fingerprint density at radius 1 is 1.07 bits per heavy atom. The number of nitrogens with one attached hydrogen (secondary N) is 3. The summed E-state index contributed by atoms with van der Waals surface area (Å²) in [6.07, 6.45) is 2.28. The van der Waals surface area contributed by atoms with Crippen LogP contribution in [0.5, 0.6) is 0 Å². The van der Waals surface area contributed by atoms with Crippen LogP contribution in [0.1, 0.15) is 70.9 Å². The monoisotopic (exact) mass is 590 g/mol. The van der Waals surface area contributed by atoms with Crippen molar-refractivity contribution in [2.24, 2.45) is 0 Å². The number of aromatic nitrogens is 1. The molecule has 232 valence electrons. The van der Waals surface area contributed by atoms with Gasteiger partial charge in [-0.1, -0.05) is 11.8 Å². The molecule has 2 aromatic rings. The van der Waals surface area contributed by atoms with Crippen molar-refractivity contribution in [2.45, 2.75) is 72.0 Å². The average molecular weight is 591 g/mol. The molecule has 1 aliphatic heterocycles. The molecule has 4 N–H and O–H groups in total. The van der Waals surface area contributed by atoms with Gasteiger partial charge in [0.1, 0.15) is 0 Å². The number of aromatic amines is 1. The zero-order valence-corrected chi connectivity index (χ0v) is 26.2. The Morgan fingerprint density at radius 3 is 2.40 bits per heavy atom. The summed E-state index contributed by atoms with van der Waals surface area (Å²) in [5, 5.41) is 14.8. The first kappa shape index (κ1) is 32.1. The number of piperazine rings is 1. The largest absolute Gasteiger partial charge is 0.465 e. The minimum Gasteiger partial charge on any atom is -0.465 e. The molecule has 0 atom stereocenters. The highest BCUT2D eigenvalue weighted by Crippen LogP contribution is 2.32. The molecule has 1 saturated heterocycles. The number of H-pyrrole nitrogens is 1. The molecule has 0 unspecified atom stereocenters. The van der Waals surface area contributed by atoms with Gasteiger partial charge >= 0.3 is 6.09 Å². The fourth-order valence-electron chi connectivity index (χ4n) is 6.26. The number of hydrogen-bond donors (Lipinski definition) is 4.